The van der Waals surface area contributed by atoms with Crippen LogP contribution in [0.3, 0.4) is 0 Å². The van der Waals surface area contributed by atoms with Crippen LogP contribution >= 0.6 is 0 Å². The van der Waals surface area contributed by atoms with Gasteiger partial charge in [-0.2, -0.15) is 0 Å². The maximum atomic E-state index is 12.6. The Morgan fingerprint density at radius 1 is 0.763 bits per heavy atom. The average Bonchev–Trinajstić information content (AvgIpc) is 2.88. The molecule has 0 aromatic rings. The first-order valence-electron chi connectivity index (χ1n) is 13.8. The summed E-state index contributed by atoms with van der Waals surface area (Å²) >= 11 is 0. The Morgan fingerprint density at radius 2 is 1.34 bits per heavy atom. The number of carbonyl (C=O) groups excluding carboxylic acids is 5. The van der Waals surface area contributed by atoms with Crippen molar-refractivity contribution in [2.45, 2.75) is 98.8 Å². The van der Waals surface area contributed by atoms with E-state index in [1.807, 2.05) is 20.8 Å². The number of rotatable bonds is 22. The molecule has 4 atom stereocenters. The SMILES string of the molecule is CCCC(=O)OCCCC(=O)C(C)CC(CCC(C)C(=O)OCCCC(=O)C(C)CC)C(=O)NCC(=O)O. The van der Waals surface area contributed by atoms with Crippen LogP contribution in [0.2, 0.25) is 0 Å². The lowest BCUT2D eigenvalue weighted by Crippen LogP contribution is -2.36. The molecule has 218 valence electrons. The standard InChI is InChI=1S/C28H47NO9/c1-6-10-26(34)37-15-8-12-24(31)21(5)17-22(27(35)29-18-25(32)33)14-13-20(4)28(36)38-16-9-11-23(30)19(3)7-2/h19-22H,6-18H2,1-5H3,(H,29,35)(H,32,33). The summed E-state index contributed by atoms with van der Waals surface area (Å²) in [5, 5.41) is 11.3. The molecule has 0 heterocycles. The van der Waals surface area contributed by atoms with E-state index in [9.17, 15) is 28.8 Å². The molecule has 38 heavy (non-hydrogen) atoms. The van der Waals surface area contributed by atoms with E-state index in [4.69, 9.17) is 14.6 Å². The van der Waals surface area contributed by atoms with Crippen LogP contribution in [-0.2, 0) is 38.2 Å². The predicted octanol–water partition coefficient (Wildman–Crippen LogP) is 3.88. The molecule has 2 N–H and O–H groups in total. The van der Waals surface area contributed by atoms with Gasteiger partial charge in [-0.15, -0.1) is 0 Å². The van der Waals surface area contributed by atoms with Gasteiger partial charge >= 0.3 is 17.9 Å². The number of hydrogen-bond acceptors (Lipinski definition) is 8. The summed E-state index contributed by atoms with van der Waals surface area (Å²) in [6, 6.07) is 0. The average molecular weight is 542 g/mol. The Bertz CT molecular complexity index is 780. The van der Waals surface area contributed by atoms with Crippen LogP contribution < -0.4 is 5.32 Å². The molecule has 0 aromatic heterocycles. The molecule has 0 spiro atoms. The van der Waals surface area contributed by atoms with Gasteiger partial charge in [0.05, 0.1) is 19.1 Å². The summed E-state index contributed by atoms with van der Waals surface area (Å²) in [5.41, 5.74) is 0. The van der Waals surface area contributed by atoms with Crippen molar-refractivity contribution in [3.8, 4) is 0 Å². The van der Waals surface area contributed by atoms with Crippen LogP contribution in [0.25, 0.3) is 0 Å². The van der Waals surface area contributed by atoms with Gasteiger partial charge in [0.15, 0.2) is 0 Å². The van der Waals surface area contributed by atoms with Crippen LogP contribution in [-0.4, -0.2) is 60.2 Å². The number of esters is 2. The number of hydrogen-bond donors (Lipinski definition) is 2. The zero-order valence-electron chi connectivity index (χ0n) is 23.7. The molecular weight excluding hydrogens is 494 g/mol. The number of Topliss-reactive ketones (excluding diaryl/α,β-unsaturated/α-hetero) is 2. The van der Waals surface area contributed by atoms with Gasteiger partial charge in [0, 0.05) is 37.0 Å². The first-order valence-corrected chi connectivity index (χ1v) is 13.8. The van der Waals surface area contributed by atoms with Crippen LogP contribution in [0.1, 0.15) is 98.8 Å². The van der Waals surface area contributed by atoms with E-state index in [2.05, 4.69) is 5.32 Å². The molecule has 0 aliphatic carbocycles. The Kier molecular flexibility index (Phi) is 18.7. The fraction of sp³-hybridized carbons (Fsp3) is 0.786. The highest BCUT2D eigenvalue weighted by Crippen LogP contribution is 2.23. The summed E-state index contributed by atoms with van der Waals surface area (Å²) in [5.74, 6) is -3.94. The molecule has 0 saturated carbocycles. The smallest absolute Gasteiger partial charge is 0.322 e. The number of ketones is 2. The molecule has 0 fully saturated rings. The molecule has 10 nitrogen and oxygen atoms in total. The van der Waals surface area contributed by atoms with Crippen molar-refractivity contribution in [3.05, 3.63) is 0 Å². The van der Waals surface area contributed by atoms with E-state index in [0.29, 0.717) is 38.5 Å². The molecule has 1 amide bonds. The number of ether oxygens (including phenoxy) is 2. The molecule has 10 heteroatoms. The number of carbonyl (C=O) groups is 6. The fourth-order valence-corrected chi connectivity index (χ4v) is 3.78. The highest BCUT2D eigenvalue weighted by Gasteiger charge is 2.26. The zero-order valence-corrected chi connectivity index (χ0v) is 23.7. The van der Waals surface area contributed by atoms with E-state index in [1.165, 1.54) is 0 Å². The molecule has 0 saturated heterocycles. The largest absolute Gasteiger partial charge is 0.480 e. The predicted molar refractivity (Wildman–Crippen MR) is 141 cm³/mol. The fourth-order valence-electron chi connectivity index (χ4n) is 3.78. The first kappa shape index (κ1) is 35.2. The number of aliphatic carboxylic acids is 1. The molecule has 0 aliphatic rings. The maximum absolute atomic E-state index is 12.6. The van der Waals surface area contributed by atoms with Crippen LogP contribution in [0, 0.1) is 23.7 Å². The van der Waals surface area contributed by atoms with Crippen LogP contribution in [0.5, 0.6) is 0 Å². The van der Waals surface area contributed by atoms with Crippen molar-refractivity contribution in [1.82, 2.24) is 5.32 Å². The lowest BCUT2D eigenvalue weighted by Gasteiger charge is -2.21. The lowest BCUT2D eigenvalue weighted by molar-refractivity contribution is -0.149. The molecule has 4 unspecified atom stereocenters. The highest BCUT2D eigenvalue weighted by atomic mass is 16.5. The van der Waals surface area contributed by atoms with Gasteiger partial charge in [-0.3, -0.25) is 28.8 Å². The molecule has 0 radical (unpaired) electrons. The second-order valence-corrected chi connectivity index (χ2v) is 10.0. The molecule has 0 bridgehead atoms. The van der Waals surface area contributed by atoms with E-state index in [0.717, 1.165) is 6.42 Å². The number of carboxylic acids is 1. The Hall–Kier alpha value is -2.78. The Balaban J connectivity index is 4.77. The van der Waals surface area contributed by atoms with E-state index in [1.54, 1.807) is 13.8 Å². The van der Waals surface area contributed by atoms with Gasteiger partial charge in [-0.25, -0.2) is 0 Å². The zero-order chi connectivity index (χ0) is 29.1. The third kappa shape index (κ3) is 16.1. The Morgan fingerprint density at radius 3 is 1.89 bits per heavy atom. The third-order valence-electron chi connectivity index (χ3n) is 6.58. The van der Waals surface area contributed by atoms with Gasteiger partial charge in [0.25, 0.3) is 0 Å². The molecule has 0 rings (SSSR count). The van der Waals surface area contributed by atoms with Crippen molar-refractivity contribution >= 4 is 35.4 Å². The topological polar surface area (TPSA) is 153 Å². The summed E-state index contributed by atoms with van der Waals surface area (Å²) in [6.07, 6.45) is 4.01. The van der Waals surface area contributed by atoms with E-state index in [-0.39, 0.29) is 55.9 Å². The van der Waals surface area contributed by atoms with Crippen molar-refractivity contribution in [1.29, 1.82) is 0 Å². The molecular formula is C28H47NO9. The van der Waals surface area contributed by atoms with Crippen molar-refractivity contribution in [3.63, 3.8) is 0 Å². The Labute approximate surface area is 226 Å². The summed E-state index contributed by atoms with van der Waals surface area (Å²) in [4.78, 5) is 71.8. The normalized spacial score (nSPS) is 14.0. The monoisotopic (exact) mass is 541 g/mol. The summed E-state index contributed by atoms with van der Waals surface area (Å²) < 4.78 is 10.4. The molecule has 0 aromatic carbocycles. The summed E-state index contributed by atoms with van der Waals surface area (Å²) in [6.45, 7) is 8.86. The van der Waals surface area contributed by atoms with Crippen molar-refractivity contribution in [2.75, 3.05) is 19.8 Å². The third-order valence-corrected chi connectivity index (χ3v) is 6.58. The highest BCUT2D eigenvalue weighted by molar-refractivity contribution is 5.85. The number of nitrogens with one attached hydrogen (secondary N) is 1. The second kappa shape index (κ2) is 20.2. The van der Waals surface area contributed by atoms with Gasteiger partial charge in [0.1, 0.15) is 18.1 Å². The minimum atomic E-state index is -1.18. The van der Waals surface area contributed by atoms with Crippen molar-refractivity contribution < 1.29 is 43.3 Å². The first-order chi connectivity index (χ1) is 17.9. The molecule has 0 aliphatic heterocycles. The van der Waals surface area contributed by atoms with Gasteiger partial charge < -0.3 is 19.9 Å². The van der Waals surface area contributed by atoms with Crippen molar-refractivity contribution in [2.24, 2.45) is 23.7 Å². The minimum Gasteiger partial charge on any atom is -0.480 e. The number of amides is 1. The van der Waals surface area contributed by atoms with Crippen LogP contribution in [0.15, 0.2) is 0 Å². The quantitative estimate of drug-likeness (QED) is 0.153. The van der Waals surface area contributed by atoms with Crippen LogP contribution in [0.4, 0.5) is 0 Å². The maximum Gasteiger partial charge on any atom is 0.322 e. The second-order valence-electron chi connectivity index (χ2n) is 10.0. The van der Waals surface area contributed by atoms with E-state index >= 15 is 0 Å². The van der Waals surface area contributed by atoms with Gasteiger partial charge in [-0.05, 0) is 44.9 Å². The lowest BCUT2D eigenvalue weighted by atomic mass is 9.86. The minimum absolute atomic E-state index is 0.00793. The number of carboxylic acid groups (broad SMARTS) is 1. The van der Waals surface area contributed by atoms with Gasteiger partial charge in [-0.1, -0.05) is 34.6 Å². The van der Waals surface area contributed by atoms with Gasteiger partial charge in [0.2, 0.25) is 5.91 Å². The summed E-state index contributed by atoms with van der Waals surface area (Å²) in [7, 11) is 0. The van der Waals surface area contributed by atoms with E-state index < -0.39 is 42.1 Å².